The summed E-state index contributed by atoms with van der Waals surface area (Å²) >= 11 is 0. The summed E-state index contributed by atoms with van der Waals surface area (Å²) in [5.41, 5.74) is -0.416. The van der Waals surface area contributed by atoms with Crippen LogP contribution >= 0.6 is 12.4 Å². The fourth-order valence-electron chi connectivity index (χ4n) is 2.06. The van der Waals surface area contributed by atoms with Gasteiger partial charge in [0.1, 0.15) is 5.60 Å². The Hall–Kier alpha value is -0.480. The molecule has 108 valence electrons. The minimum absolute atomic E-state index is 0. The fourth-order valence-corrected chi connectivity index (χ4v) is 2.06. The highest BCUT2D eigenvalue weighted by molar-refractivity contribution is 5.85. The Kier molecular flexibility index (Phi) is 8.36. The molecule has 4 nitrogen and oxygen atoms in total. The van der Waals surface area contributed by atoms with Gasteiger partial charge in [-0.2, -0.15) is 0 Å². The third-order valence-corrected chi connectivity index (χ3v) is 2.83. The van der Waals surface area contributed by atoms with Crippen molar-refractivity contribution in [3.63, 3.8) is 0 Å². The first-order valence-corrected chi connectivity index (χ1v) is 6.67. The highest BCUT2D eigenvalue weighted by atomic mass is 35.5. The van der Waals surface area contributed by atoms with Gasteiger partial charge in [-0.3, -0.25) is 0 Å². The first kappa shape index (κ1) is 17.5. The molecule has 0 aliphatic heterocycles. The average molecular weight is 279 g/mol. The van der Waals surface area contributed by atoms with Gasteiger partial charge in [0.25, 0.3) is 0 Å². The van der Waals surface area contributed by atoms with Crippen LogP contribution in [0.25, 0.3) is 0 Å². The van der Waals surface area contributed by atoms with E-state index in [0.29, 0.717) is 12.6 Å². The smallest absolute Gasteiger partial charge is 0.407 e. The van der Waals surface area contributed by atoms with Gasteiger partial charge in [-0.1, -0.05) is 19.3 Å². The van der Waals surface area contributed by atoms with Gasteiger partial charge in [0.05, 0.1) is 0 Å². The van der Waals surface area contributed by atoms with Crippen molar-refractivity contribution in [3.8, 4) is 0 Å². The first-order valence-electron chi connectivity index (χ1n) is 6.67. The Bertz CT molecular complexity index is 236. The third-order valence-electron chi connectivity index (χ3n) is 2.83. The monoisotopic (exact) mass is 278 g/mol. The Morgan fingerprint density at radius 2 is 1.78 bits per heavy atom. The molecule has 0 bridgehead atoms. The number of hydrogen-bond acceptors (Lipinski definition) is 3. The molecule has 0 heterocycles. The van der Waals surface area contributed by atoms with Gasteiger partial charge in [-0.25, -0.2) is 4.79 Å². The summed E-state index contributed by atoms with van der Waals surface area (Å²) < 4.78 is 5.15. The van der Waals surface area contributed by atoms with E-state index in [-0.39, 0.29) is 18.5 Å². The lowest BCUT2D eigenvalue weighted by Crippen LogP contribution is -2.39. The molecular formula is C13H27ClN2O2. The molecule has 5 heteroatoms. The van der Waals surface area contributed by atoms with E-state index in [2.05, 4.69) is 10.6 Å². The number of amides is 1. The van der Waals surface area contributed by atoms with Crippen LogP contribution in [-0.4, -0.2) is 30.8 Å². The maximum absolute atomic E-state index is 11.3. The number of alkyl carbamates (subject to hydrolysis) is 1. The molecule has 1 fully saturated rings. The molecule has 0 radical (unpaired) electrons. The average Bonchev–Trinajstić information content (AvgIpc) is 2.23. The van der Waals surface area contributed by atoms with E-state index >= 15 is 0 Å². The van der Waals surface area contributed by atoms with Crippen LogP contribution in [0.4, 0.5) is 4.79 Å². The summed E-state index contributed by atoms with van der Waals surface area (Å²) in [7, 11) is 0. The van der Waals surface area contributed by atoms with Crippen LogP contribution in [0.2, 0.25) is 0 Å². The summed E-state index contributed by atoms with van der Waals surface area (Å²) in [6.45, 7) is 7.06. The number of hydrogen-bond donors (Lipinski definition) is 2. The zero-order chi connectivity index (χ0) is 12.7. The van der Waals surface area contributed by atoms with Crippen molar-refractivity contribution in [2.24, 2.45) is 0 Å². The molecule has 1 rings (SSSR count). The lowest BCUT2D eigenvalue weighted by atomic mass is 9.95. The van der Waals surface area contributed by atoms with Crippen LogP contribution in [0.1, 0.15) is 52.9 Å². The van der Waals surface area contributed by atoms with Crippen molar-refractivity contribution in [3.05, 3.63) is 0 Å². The number of nitrogens with one attached hydrogen (secondary N) is 2. The van der Waals surface area contributed by atoms with Crippen molar-refractivity contribution in [2.45, 2.75) is 64.5 Å². The Balaban J connectivity index is 0.00000289. The van der Waals surface area contributed by atoms with E-state index in [0.717, 1.165) is 6.54 Å². The van der Waals surface area contributed by atoms with Crippen LogP contribution in [0.15, 0.2) is 0 Å². The number of rotatable bonds is 4. The van der Waals surface area contributed by atoms with Gasteiger partial charge in [-0.05, 0) is 33.6 Å². The molecule has 0 aromatic carbocycles. The summed E-state index contributed by atoms with van der Waals surface area (Å²) in [5.74, 6) is 0. The highest BCUT2D eigenvalue weighted by Crippen LogP contribution is 2.16. The molecule has 1 aliphatic rings. The van der Waals surface area contributed by atoms with Gasteiger partial charge in [0.2, 0.25) is 0 Å². The Morgan fingerprint density at radius 3 is 2.33 bits per heavy atom. The molecule has 18 heavy (non-hydrogen) atoms. The van der Waals surface area contributed by atoms with E-state index in [1.807, 2.05) is 20.8 Å². The second-order valence-electron chi connectivity index (χ2n) is 5.72. The Labute approximate surface area is 117 Å². The summed E-state index contributed by atoms with van der Waals surface area (Å²) in [5, 5.41) is 6.22. The molecule has 1 amide bonds. The van der Waals surface area contributed by atoms with Crippen LogP contribution in [0.3, 0.4) is 0 Å². The standard InChI is InChI=1S/C13H26N2O2.ClH/c1-13(2,3)17-12(16)15-10-9-14-11-7-5-4-6-8-11;/h11,14H,4-10H2,1-3H3,(H,15,16);1H. The van der Waals surface area contributed by atoms with Crippen molar-refractivity contribution in [2.75, 3.05) is 13.1 Å². The van der Waals surface area contributed by atoms with E-state index in [9.17, 15) is 4.79 Å². The quantitative estimate of drug-likeness (QED) is 0.778. The maximum atomic E-state index is 11.3. The van der Waals surface area contributed by atoms with E-state index in [1.54, 1.807) is 0 Å². The largest absolute Gasteiger partial charge is 0.444 e. The zero-order valence-corrected chi connectivity index (χ0v) is 12.6. The van der Waals surface area contributed by atoms with Crippen molar-refractivity contribution in [1.29, 1.82) is 0 Å². The topological polar surface area (TPSA) is 50.4 Å². The van der Waals surface area contributed by atoms with Crippen LogP contribution in [-0.2, 0) is 4.74 Å². The third kappa shape index (κ3) is 8.59. The zero-order valence-electron chi connectivity index (χ0n) is 11.8. The lowest BCUT2D eigenvalue weighted by molar-refractivity contribution is 0.0527. The minimum Gasteiger partial charge on any atom is -0.444 e. The molecule has 0 aromatic rings. The van der Waals surface area contributed by atoms with Gasteiger partial charge < -0.3 is 15.4 Å². The second kappa shape index (κ2) is 8.59. The predicted octanol–water partition coefficient (Wildman–Crippen LogP) is 2.86. The van der Waals surface area contributed by atoms with E-state index in [4.69, 9.17) is 4.74 Å². The first-order chi connectivity index (χ1) is 7.97. The molecule has 1 saturated carbocycles. The number of halogens is 1. The van der Waals surface area contributed by atoms with E-state index < -0.39 is 5.60 Å². The van der Waals surface area contributed by atoms with Gasteiger partial charge in [0, 0.05) is 19.1 Å². The molecule has 0 aromatic heterocycles. The van der Waals surface area contributed by atoms with Crippen LogP contribution < -0.4 is 10.6 Å². The minimum atomic E-state index is -0.416. The maximum Gasteiger partial charge on any atom is 0.407 e. The van der Waals surface area contributed by atoms with Crippen molar-refractivity contribution >= 4 is 18.5 Å². The normalized spacial score (nSPS) is 16.8. The number of carbonyl (C=O) groups excluding carboxylic acids is 1. The van der Waals surface area contributed by atoms with Crippen molar-refractivity contribution < 1.29 is 9.53 Å². The molecule has 0 unspecified atom stereocenters. The lowest BCUT2D eigenvalue weighted by Gasteiger charge is -2.23. The van der Waals surface area contributed by atoms with Crippen LogP contribution in [0, 0.1) is 0 Å². The number of carbonyl (C=O) groups is 1. The summed E-state index contributed by atoms with van der Waals surface area (Å²) in [6, 6.07) is 0.643. The van der Waals surface area contributed by atoms with Gasteiger partial charge in [0.15, 0.2) is 0 Å². The Morgan fingerprint density at radius 1 is 1.17 bits per heavy atom. The van der Waals surface area contributed by atoms with Crippen LogP contribution in [0.5, 0.6) is 0 Å². The van der Waals surface area contributed by atoms with Gasteiger partial charge >= 0.3 is 6.09 Å². The fraction of sp³-hybridized carbons (Fsp3) is 0.923. The van der Waals surface area contributed by atoms with E-state index in [1.165, 1.54) is 32.1 Å². The predicted molar refractivity (Wildman–Crippen MR) is 76.4 cm³/mol. The molecule has 1 aliphatic carbocycles. The number of ether oxygens (including phenoxy) is 1. The SMILES string of the molecule is CC(C)(C)OC(=O)NCCNC1CCCCC1.Cl. The van der Waals surface area contributed by atoms with Crippen molar-refractivity contribution in [1.82, 2.24) is 10.6 Å². The molecular weight excluding hydrogens is 252 g/mol. The second-order valence-corrected chi connectivity index (χ2v) is 5.72. The molecule has 0 spiro atoms. The molecule has 0 atom stereocenters. The highest BCUT2D eigenvalue weighted by Gasteiger charge is 2.16. The van der Waals surface area contributed by atoms with Gasteiger partial charge in [-0.15, -0.1) is 12.4 Å². The molecule has 0 saturated heterocycles. The summed E-state index contributed by atoms with van der Waals surface area (Å²) in [6.07, 6.45) is 6.24. The summed E-state index contributed by atoms with van der Waals surface area (Å²) in [4.78, 5) is 11.3. The molecule has 2 N–H and O–H groups in total.